The maximum Gasteiger partial charge on any atom is 0.433 e. The second-order valence-electron chi connectivity index (χ2n) is 6.79. The molecule has 0 spiro atoms. The molecule has 3 aromatic rings. The first-order valence-corrected chi connectivity index (χ1v) is 10.6. The first-order chi connectivity index (χ1) is 15.3. The number of hydrogen-bond donors (Lipinski definition) is 1. The summed E-state index contributed by atoms with van der Waals surface area (Å²) in [6.07, 6.45) is -8.55. The van der Waals surface area contributed by atoms with Crippen molar-refractivity contribution in [1.82, 2.24) is 10.3 Å². The molecule has 3 rings (SSSR count). The highest BCUT2D eigenvalue weighted by Gasteiger charge is 2.33. The van der Waals surface area contributed by atoms with E-state index in [0.717, 1.165) is 30.5 Å². The van der Waals surface area contributed by atoms with E-state index in [0.29, 0.717) is 17.7 Å². The number of carbonyl (C=O) groups is 1. The summed E-state index contributed by atoms with van der Waals surface area (Å²) in [7, 11) is -4.22. The number of halogens is 6. The summed E-state index contributed by atoms with van der Waals surface area (Å²) in [4.78, 5) is 14.5. The number of sulfone groups is 1. The van der Waals surface area contributed by atoms with Crippen molar-refractivity contribution >= 4 is 15.7 Å². The average Bonchev–Trinajstić information content (AvgIpc) is 2.77. The standard InChI is InChI=1S/C21H14F6N2O3S/c22-20(23,24)15-2-1-3-17(10-15)33(31,32)16-7-4-13(5-8-16)11-29-19(30)14-6-9-18(28-12-14)21(25,26)27/h1-10,12H,11H2,(H,29,30). The third-order valence-electron chi connectivity index (χ3n) is 4.47. The van der Waals surface area contributed by atoms with Crippen LogP contribution in [0, 0.1) is 0 Å². The summed E-state index contributed by atoms with van der Waals surface area (Å²) in [5, 5.41) is 2.45. The van der Waals surface area contributed by atoms with Crippen LogP contribution in [0.3, 0.4) is 0 Å². The molecule has 0 atom stereocenters. The maximum atomic E-state index is 12.9. The second kappa shape index (κ2) is 8.85. The van der Waals surface area contributed by atoms with E-state index < -0.39 is 44.2 Å². The molecule has 0 bridgehead atoms. The van der Waals surface area contributed by atoms with Crippen molar-refractivity contribution in [2.24, 2.45) is 0 Å². The maximum absolute atomic E-state index is 12.9. The van der Waals surface area contributed by atoms with Crippen LogP contribution < -0.4 is 5.32 Å². The molecule has 5 nitrogen and oxygen atoms in total. The Labute approximate surface area is 184 Å². The molecule has 0 aliphatic heterocycles. The molecule has 1 amide bonds. The Morgan fingerprint density at radius 1 is 0.848 bits per heavy atom. The van der Waals surface area contributed by atoms with Crippen molar-refractivity contribution in [1.29, 1.82) is 0 Å². The molecule has 1 aromatic heterocycles. The number of pyridine rings is 1. The number of aromatic nitrogens is 1. The van der Waals surface area contributed by atoms with Gasteiger partial charge in [0.15, 0.2) is 0 Å². The molecule has 0 aliphatic carbocycles. The van der Waals surface area contributed by atoms with Gasteiger partial charge in [0.1, 0.15) is 5.69 Å². The average molecular weight is 488 g/mol. The van der Waals surface area contributed by atoms with E-state index in [1.54, 1.807) is 0 Å². The molecule has 1 N–H and O–H groups in total. The van der Waals surface area contributed by atoms with Gasteiger partial charge in [-0.3, -0.25) is 9.78 Å². The van der Waals surface area contributed by atoms with Crippen molar-refractivity contribution in [3.05, 3.63) is 89.2 Å². The highest BCUT2D eigenvalue weighted by molar-refractivity contribution is 7.91. The zero-order chi connectivity index (χ0) is 24.4. The van der Waals surface area contributed by atoms with Gasteiger partial charge in [0.05, 0.1) is 20.9 Å². The van der Waals surface area contributed by atoms with Crippen molar-refractivity contribution in [3.8, 4) is 0 Å². The molecular formula is C21H14F6N2O3S. The zero-order valence-electron chi connectivity index (χ0n) is 16.4. The fourth-order valence-electron chi connectivity index (χ4n) is 2.74. The van der Waals surface area contributed by atoms with Gasteiger partial charge in [-0.1, -0.05) is 18.2 Å². The molecule has 0 aliphatic rings. The fraction of sp³-hybridized carbons (Fsp3) is 0.143. The monoisotopic (exact) mass is 488 g/mol. The normalized spacial score (nSPS) is 12.4. The molecule has 2 aromatic carbocycles. The number of nitrogens with one attached hydrogen (secondary N) is 1. The summed E-state index contributed by atoms with van der Waals surface area (Å²) in [6, 6.07) is 10.0. The molecule has 12 heteroatoms. The van der Waals surface area contributed by atoms with Crippen LogP contribution in [-0.4, -0.2) is 19.3 Å². The van der Waals surface area contributed by atoms with Crippen LogP contribution in [0.5, 0.6) is 0 Å². The number of amides is 1. The highest BCUT2D eigenvalue weighted by atomic mass is 32.2. The Morgan fingerprint density at radius 3 is 2.06 bits per heavy atom. The van der Waals surface area contributed by atoms with Gasteiger partial charge in [0, 0.05) is 12.7 Å². The van der Waals surface area contributed by atoms with E-state index in [2.05, 4.69) is 10.3 Å². The quantitative estimate of drug-likeness (QED) is 0.520. The third kappa shape index (κ3) is 5.69. The fourth-order valence-corrected chi connectivity index (χ4v) is 4.05. The van der Waals surface area contributed by atoms with Gasteiger partial charge in [0.2, 0.25) is 9.84 Å². The van der Waals surface area contributed by atoms with Crippen molar-refractivity contribution in [3.63, 3.8) is 0 Å². The first-order valence-electron chi connectivity index (χ1n) is 9.11. The van der Waals surface area contributed by atoms with Crippen LogP contribution in [0.2, 0.25) is 0 Å². The number of nitrogens with zero attached hydrogens (tertiary/aromatic N) is 1. The molecule has 174 valence electrons. The number of carbonyl (C=O) groups excluding carboxylic acids is 1. The highest BCUT2D eigenvalue weighted by Crippen LogP contribution is 2.32. The van der Waals surface area contributed by atoms with Crippen LogP contribution in [-0.2, 0) is 28.7 Å². The molecule has 0 unspecified atom stereocenters. The van der Waals surface area contributed by atoms with Crippen molar-refractivity contribution in [2.75, 3.05) is 0 Å². The van der Waals surface area contributed by atoms with Gasteiger partial charge in [-0.15, -0.1) is 0 Å². The van der Waals surface area contributed by atoms with Crippen LogP contribution in [0.4, 0.5) is 26.3 Å². The molecular weight excluding hydrogens is 474 g/mol. The van der Waals surface area contributed by atoms with Crippen molar-refractivity contribution in [2.45, 2.75) is 28.7 Å². The topological polar surface area (TPSA) is 76.1 Å². The second-order valence-corrected chi connectivity index (χ2v) is 8.74. The van der Waals surface area contributed by atoms with Crippen LogP contribution in [0.15, 0.2) is 76.7 Å². The lowest BCUT2D eigenvalue weighted by atomic mass is 10.2. The minimum atomic E-state index is -4.70. The lowest BCUT2D eigenvalue weighted by Crippen LogP contribution is -2.23. The Kier molecular flexibility index (Phi) is 6.50. The Bertz CT molecular complexity index is 1250. The van der Waals surface area contributed by atoms with E-state index in [1.807, 2.05) is 0 Å². The molecule has 33 heavy (non-hydrogen) atoms. The lowest BCUT2D eigenvalue weighted by Gasteiger charge is -2.10. The Hall–Kier alpha value is -3.41. The summed E-state index contributed by atoms with van der Waals surface area (Å²) >= 11 is 0. The summed E-state index contributed by atoms with van der Waals surface area (Å²) in [5.74, 6) is -0.697. The van der Waals surface area contributed by atoms with E-state index in [-0.39, 0.29) is 17.0 Å². The van der Waals surface area contributed by atoms with E-state index in [9.17, 15) is 39.6 Å². The summed E-state index contributed by atoms with van der Waals surface area (Å²) in [6.45, 7) is -0.0796. The predicted octanol–water partition coefficient (Wildman–Crippen LogP) is 4.88. The zero-order valence-corrected chi connectivity index (χ0v) is 17.2. The smallest absolute Gasteiger partial charge is 0.348 e. The van der Waals surface area contributed by atoms with Crippen LogP contribution >= 0.6 is 0 Å². The van der Waals surface area contributed by atoms with E-state index in [1.165, 1.54) is 24.3 Å². The number of hydrogen-bond acceptors (Lipinski definition) is 4. The lowest BCUT2D eigenvalue weighted by molar-refractivity contribution is -0.141. The largest absolute Gasteiger partial charge is 0.433 e. The number of benzene rings is 2. The number of alkyl halides is 6. The van der Waals surface area contributed by atoms with Gasteiger partial charge < -0.3 is 5.32 Å². The van der Waals surface area contributed by atoms with E-state index in [4.69, 9.17) is 0 Å². The van der Waals surface area contributed by atoms with Gasteiger partial charge in [-0.2, -0.15) is 26.3 Å². The molecule has 0 radical (unpaired) electrons. The van der Waals surface area contributed by atoms with Gasteiger partial charge in [-0.25, -0.2) is 8.42 Å². The Morgan fingerprint density at radius 2 is 1.52 bits per heavy atom. The molecule has 0 fully saturated rings. The SMILES string of the molecule is O=C(NCc1ccc(S(=O)(=O)c2cccc(C(F)(F)F)c2)cc1)c1ccc(C(F)(F)F)nc1. The summed E-state index contributed by atoms with van der Waals surface area (Å²) in [5.41, 5.74) is -1.89. The van der Waals surface area contributed by atoms with Crippen LogP contribution in [0.25, 0.3) is 0 Å². The Balaban J connectivity index is 1.70. The van der Waals surface area contributed by atoms with Gasteiger partial charge in [-0.05, 0) is 48.0 Å². The molecule has 1 heterocycles. The third-order valence-corrected chi connectivity index (χ3v) is 6.24. The van der Waals surface area contributed by atoms with E-state index >= 15 is 0 Å². The molecule has 0 saturated carbocycles. The molecule has 0 saturated heterocycles. The first kappa shape index (κ1) is 24.2. The van der Waals surface area contributed by atoms with Crippen molar-refractivity contribution < 1.29 is 39.6 Å². The van der Waals surface area contributed by atoms with Crippen LogP contribution in [0.1, 0.15) is 27.2 Å². The minimum absolute atomic E-state index is 0.0796. The minimum Gasteiger partial charge on any atom is -0.348 e. The predicted molar refractivity (Wildman–Crippen MR) is 104 cm³/mol. The van der Waals surface area contributed by atoms with Gasteiger partial charge >= 0.3 is 12.4 Å². The summed E-state index contributed by atoms with van der Waals surface area (Å²) < 4.78 is 102. The number of rotatable bonds is 5. The van der Waals surface area contributed by atoms with Gasteiger partial charge in [0.25, 0.3) is 5.91 Å².